The van der Waals surface area contributed by atoms with Crippen molar-refractivity contribution in [3.63, 3.8) is 0 Å². The van der Waals surface area contributed by atoms with Crippen LogP contribution in [0.1, 0.15) is 26.2 Å². The van der Waals surface area contributed by atoms with Crippen LogP contribution in [0.2, 0.25) is 5.02 Å². The van der Waals surface area contributed by atoms with E-state index in [1.807, 2.05) is 0 Å². The van der Waals surface area contributed by atoms with E-state index in [9.17, 15) is 8.42 Å². The van der Waals surface area contributed by atoms with Gasteiger partial charge in [0.25, 0.3) is 0 Å². The number of nitrogens with zero attached hydrogens (tertiary/aromatic N) is 3. The molecule has 2 heterocycles. The molecule has 1 aliphatic heterocycles. The highest BCUT2D eigenvalue weighted by Gasteiger charge is 2.32. The molecule has 1 aliphatic rings. The summed E-state index contributed by atoms with van der Waals surface area (Å²) in [6.45, 7) is 5.13. The van der Waals surface area contributed by atoms with Gasteiger partial charge < -0.3 is 4.90 Å². The minimum atomic E-state index is -3.58. The first-order chi connectivity index (χ1) is 9.96. The third-order valence-corrected chi connectivity index (χ3v) is 6.38. The molecule has 0 aromatic carbocycles. The topological polar surface area (TPSA) is 53.5 Å². The summed E-state index contributed by atoms with van der Waals surface area (Å²) in [5.41, 5.74) is 0. The molecule has 0 atom stereocenters. The number of sulfonamides is 1. The van der Waals surface area contributed by atoms with Crippen molar-refractivity contribution in [2.45, 2.75) is 37.1 Å². The number of likely N-dealkylation sites (tertiary alicyclic amines) is 1. The first-order valence-electron chi connectivity index (χ1n) is 7.26. The maximum Gasteiger partial charge on any atom is 0.246 e. The molecule has 0 saturated carbocycles. The first kappa shape index (κ1) is 16.7. The molecule has 21 heavy (non-hydrogen) atoms. The smallest absolute Gasteiger partial charge is 0.246 e. The van der Waals surface area contributed by atoms with E-state index in [1.54, 1.807) is 7.05 Å². The van der Waals surface area contributed by atoms with E-state index in [4.69, 9.17) is 11.6 Å². The molecule has 1 aromatic rings. The van der Waals surface area contributed by atoms with Gasteiger partial charge in [-0.1, -0.05) is 18.5 Å². The molecule has 1 saturated heterocycles. The Kier molecular flexibility index (Phi) is 5.60. The Labute approximate surface area is 132 Å². The molecular formula is C14H22ClN3O2S. The summed E-state index contributed by atoms with van der Waals surface area (Å²) in [5.74, 6) is 0. The van der Waals surface area contributed by atoms with Crippen molar-refractivity contribution in [2.24, 2.45) is 0 Å². The zero-order valence-corrected chi connectivity index (χ0v) is 14.1. The zero-order valence-electron chi connectivity index (χ0n) is 12.5. The highest BCUT2D eigenvalue weighted by atomic mass is 35.5. The summed E-state index contributed by atoms with van der Waals surface area (Å²) in [5, 5.41) is 0.222. The Morgan fingerprint density at radius 2 is 2.10 bits per heavy atom. The Bertz CT molecular complexity index is 571. The lowest BCUT2D eigenvalue weighted by molar-refractivity contribution is 0.170. The molecule has 0 spiro atoms. The third kappa shape index (κ3) is 3.74. The lowest BCUT2D eigenvalue weighted by Crippen LogP contribution is -2.45. The van der Waals surface area contributed by atoms with Crippen LogP contribution in [0.15, 0.2) is 23.4 Å². The van der Waals surface area contributed by atoms with Crippen molar-refractivity contribution in [3.05, 3.63) is 23.5 Å². The predicted octanol–water partition coefficient (Wildman–Crippen LogP) is 2.23. The van der Waals surface area contributed by atoms with Crippen LogP contribution in [0.3, 0.4) is 0 Å². The van der Waals surface area contributed by atoms with E-state index in [0.717, 1.165) is 38.9 Å². The van der Waals surface area contributed by atoms with Gasteiger partial charge in [-0.25, -0.2) is 8.42 Å². The lowest BCUT2D eigenvalue weighted by Gasteiger charge is -2.36. The molecule has 0 N–H and O–H groups in total. The number of hydrogen-bond acceptors (Lipinski definition) is 4. The Morgan fingerprint density at radius 3 is 2.67 bits per heavy atom. The van der Waals surface area contributed by atoms with Gasteiger partial charge in [0.05, 0.1) is 5.02 Å². The fourth-order valence-corrected chi connectivity index (χ4v) is 4.55. The molecule has 0 aliphatic carbocycles. The number of pyridine rings is 1. The second-order valence-electron chi connectivity index (χ2n) is 5.40. The van der Waals surface area contributed by atoms with Crippen LogP contribution in [0.25, 0.3) is 0 Å². The van der Waals surface area contributed by atoms with Crippen LogP contribution in [0.4, 0.5) is 0 Å². The van der Waals surface area contributed by atoms with Gasteiger partial charge in [0.2, 0.25) is 10.0 Å². The number of piperidine rings is 1. The van der Waals surface area contributed by atoms with E-state index in [-0.39, 0.29) is 16.0 Å². The monoisotopic (exact) mass is 331 g/mol. The summed E-state index contributed by atoms with van der Waals surface area (Å²) in [7, 11) is -1.94. The summed E-state index contributed by atoms with van der Waals surface area (Å²) in [6.07, 6.45) is 5.65. The highest BCUT2D eigenvalue weighted by molar-refractivity contribution is 7.89. The summed E-state index contributed by atoms with van der Waals surface area (Å²) >= 11 is 6.00. The third-order valence-electron chi connectivity index (χ3n) is 4.00. The maximum atomic E-state index is 12.6. The normalized spacial score (nSPS) is 18.3. The van der Waals surface area contributed by atoms with Crippen LogP contribution < -0.4 is 0 Å². The van der Waals surface area contributed by atoms with Crippen LogP contribution in [0, 0.1) is 0 Å². The van der Waals surface area contributed by atoms with Crippen molar-refractivity contribution in [1.29, 1.82) is 0 Å². The van der Waals surface area contributed by atoms with Gasteiger partial charge in [-0.15, -0.1) is 0 Å². The highest BCUT2D eigenvalue weighted by Crippen LogP contribution is 2.26. The first-order valence-corrected chi connectivity index (χ1v) is 9.08. The van der Waals surface area contributed by atoms with Crippen molar-refractivity contribution in [2.75, 3.05) is 26.7 Å². The number of hydrogen-bond donors (Lipinski definition) is 0. The SMILES string of the molecule is CCCN1CCC(N(C)S(=O)(=O)c2cnccc2Cl)CC1. The second kappa shape index (κ2) is 7.05. The second-order valence-corrected chi connectivity index (χ2v) is 7.77. The number of halogens is 1. The van der Waals surface area contributed by atoms with E-state index in [0.29, 0.717) is 0 Å². The van der Waals surface area contributed by atoms with Gasteiger partial charge in [-0.05, 0) is 45.0 Å². The Morgan fingerprint density at radius 1 is 1.43 bits per heavy atom. The quantitative estimate of drug-likeness (QED) is 0.830. The van der Waals surface area contributed by atoms with Crippen LogP contribution in [0.5, 0.6) is 0 Å². The Hall–Kier alpha value is -0.690. The number of aromatic nitrogens is 1. The molecule has 0 bridgehead atoms. The van der Waals surface area contributed by atoms with Gasteiger partial charge in [0.1, 0.15) is 4.90 Å². The van der Waals surface area contributed by atoms with E-state index in [1.165, 1.54) is 22.8 Å². The molecule has 7 heteroatoms. The molecular weight excluding hydrogens is 310 g/mol. The van der Waals surface area contributed by atoms with Crippen molar-refractivity contribution in [3.8, 4) is 0 Å². The minimum Gasteiger partial charge on any atom is -0.303 e. The standard InChI is InChI=1S/C14H22ClN3O2S/c1-3-8-18-9-5-12(6-10-18)17(2)21(19,20)14-11-16-7-4-13(14)15/h4,7,11-12H,3,5-6,8-10H2,1-2H3. The molecule has 0 radical (unpaired) electrons. The summed E-state index contributed by atoms with van der Waals surface area (Å²) < 4.78 is 26.8. The molecule has 118 valence electrons. The van der Waals surface area contributed by atoms with E-state index >= 15 is 0 Å². The van der Waals surface area contributed by atoms with Crippen LogP contribution in [-0.2, 0) is 10.0 Å². The van der Waals surface area contributed by atoms with Crippen molar-refractivity contribution >= 4 is 21.6 Å². The van der Waals surface area contributed by atoms with E-state index in [2.05, 4.69) is 16.8 Å². The summed E-state index contributed by atoms with van der Waals surface area (Å²) in [6, 6.07) is 1.53. The van der Waals surface area contributed by atoms with E-state index < -0.39 is 10.0 Å². The molecule has 0 amide bonds. The van der Waals surface area contributed by atoms with Gasteiger partial charge >= 0.3 is 0 Å². The molecule has 1 aromatic heterocycles. The fourth-order valence-electron chi connectivity index (χ4n) is 2.73. The summed E-state index contributed by atoms with van der Waals surface area (Å²) in [4.78, 5) is 6.35. The minimum absolute atomic E-state index is 0.0272. The van der Waals surface area contributed by atoms with Crippen LogP contribution in [-0.4, -0.2) is 55.3 Å². The molecule has 0 unspecified atom stereocenters. The maximum absolute atomic E-state index is 12.6. The zero-order chi connectivity index (χ0) is 15.5. The average molecular weight is 332 g/mol. The van der Waals surface area contributed by atoms with Crippen molar-refractivity contribution < 1.29 is 8.42 Å². The average Bonchev–Trinajstić information content (AvgIpc) is 2.48. The van der Waals surface area contributed by atoms with Gasteiger partial charge in [-0.2, -0.15) is 4.31 Å². The predicted molar refractivity (Wildman–Crippen MR) is 83.9 cm³/mol. The van der Waals surface area contributed by atoms with Crippen LogP contribution >= 0.6 is 11.6 Å². The molecule has 1 fully saturated rings. The van der Waals surface area contributed by atoms with Gasteiger partial charge in [0, 0.05) is 25.5 Å². The molecule has 5 nitrogen and oxygen atoms in total. The van der Waals surface area contributed by atoms with Gasteiger partial charge in [0.15, 0.2) is 0 Å². The molecule has 2 rings (SSSR count). The van der Waals surface area contributed by atoms with Gasteiger partial charge in [-0.3, -0.25) is 4.98 Å². The largest absolute Gasteiger partial charge is 0.303 e. The van der Waals surface area contributed by atoms with Crippen molar-refractivity contribution in [1.82, 2.24) is 14.2 Å². The number of rotatable bonds is 5. The fraction of sp³-hybridized carbons (Fsp3) is 0.643. The Balaban J connectivity index is 2.10. The lowest BCUT2D eigenvalue weighted by atomic mass is 10.1.